The molecule has 0 radical (unpaired) electrons. The normalized spacial score (nSPS) is 14.5. The van der Waals surface area contributed by atoms with E-state index in [0.717, 1.165) is 23.4 Å². The average molecular weight is 341 g/mol. The van der Waals surface area contributed by atoms with Gasteiger partial charge in [-0.05, 0) is 25.0 Å². The summed E-state index contributed by atoms with van der Waals surface area (Å²) in [4.78, 5) is 30.7. The Labute approximate surface area is 147 Å². The zero-order valence-corrected chi connectivity index (χ0v) is 14.6. The quantitative estimate of drug-likeness (QED) is 0.834. The Bertz CT molecular complexity index is 770. The molecule has 0 saturated carbocycles. The topological polar surface area (TPSA) is 80.1 Å². The molecule has 7 nitrogen and oxygen atoms in total. The number of benzene rings is 1. The molecule has 1 aliphatic heterocycles. The maximum absolute atomic E-state index is 12.3. The van der Waals surface area contributed by atoms with Crippen LogP contribution < -0.4 is 5.32 Å². The van der Waals surface area contributed by atoms with Gasteiger partial charge in [-0.2, -0.15) is 5.10 Å². The van der Waals surface area contributed by atoms with Gasteiger partial charge in [-0.3, -0.25) is 9.59 Å². The number of aromatic nitrogens is 3. The molecule has 132 valence electrons. The summed E-state index contributed by atoms with van der Waals surface area (Å²) in [5.41, 5.74) is 1.76. The lowest BCUT2D eigenvalue weighted by atomic mass is 10.1. The van der Waals surface area contributed by atoms with Gasteiger partial charge in [0.1, 0.15) is 12.2 Å². The Hall–Kier alpha value is -2.70. The number of hydrogen-bond acceptors (Lipinski definition) is 4. The number of fused-ring (bicyclic) bond motifs is 1. The third-order valence-corrected chi connectivity index (χ3v) is 4.51. The highest BCUT2D eigenvalue weighted by atomic mass is 16.2. The molecule has 7 heteroatoms. The van der Waals surface area contributed by atoms with Gasteiger partial charge >= 0.3 is 0 Å². The van der Waals surface area contributed by atoms with Crippen molar-refractivity contribution in [3.8, 4) is 0 Å². The van der Waals surface area contributed by atoms with Crippen LogP contribution in [0, 0.1) is 0 Å². The molecule has 2 aromatic rings. The molecule has 2 heterocycles. The van der Waals surface area contributed by atoms with Crippen LogP contribution in [0.2, 0.25) is 0 Å². The summed E-state index contributed by atoms with van der Waals surface area (Å²) in [6, 6.07) is 7.42. The van der Waals surface area contributed by atoms with Crippen LogP contribution in [0.4, 0.5) is 0 Å². The van der Waals surface area contributed by atoms with Gasteiger partial charge in [-0.1, -0.05) is 25.1 Å². The maximum atomic E-state index is 12.3. The van der Waals surface area contributed by atoms with Crippen LogP contribution >= 0.6 is 0 Å². The van der Waals surface area contributed by atoms with Gasteiger partial charge in [0.25, 0.3) is 5.91 Å². The second kappa shape index (κ2) is 7.46. The Morgan fingerprint density at radius 3 is 2.84 bits per heavy atom. The van der Waals surface area contributed by atoms with Crippen molar-refractivity contribution >= 4 is 11.8 Å². The fraction of sp³-hybridized carbons (Fsp3) is 0.444. The van der Waals surface area contributed by atoms with Gasteiger partial charge in [-0.15, -0.1) is 0 Å². The van der Waals surface area contributed by atoms with Crippen LogP contribution in [0.3, 0.4) is 0 Å². The molecule has 0 aliphatic carbocycles. The van der Waals surface area contributed by atoms with Crippen LogP contribution in [-0.2, 0) is 17.9 Å². The van der Waals surface area contributed by atoms with E-state index in [9.17, 15) is 9.59 Å². The fourth-order valence-corrected chi connectivity index (χ4v) is 3.13. The summed E-state index contributed by atoms with van der Waals surface area (Å²) in [6.07, 6.45) is 2.52. The number of nitrogens with zero attached hydrogens (tertiary/aromatic N) is 4. The molecule has 0 unspecified atom stereocenters. The van der Waals surface area contributed by atoms with Crippen LogP contribution in [-0.4, -0.2) is 38.0 Å². The molecule has 1 atom stereocenters. The second-order valence-electron chi connectivity index (χ2n) is 6.10. The molecular formula is C18H23N5O2. The van der Waals surface area contributed by atoms with Crippen molar-refractivity contribution in [1.82, 2.24) is 25.0 Å². The number of carbonyl (C=O) groups excluding carboxylic acids is 2. The van der Waals surface area contributed by atoms with Crippen molar-refractivity contribution < 1.29 is 9.59 Å². The lowest BCUT2D eigenvalue weighted by Crippen LogP contribution is -2.34. The van der Waals surface area contributed by atoms with Crippen LogP contribution in [0.15, 0.2) is 30.6 Å². The molecule has 25 heavy (non-hydrogen) atoms. The summed E-state index contributed by atoms with van der Waals surface area (Å²) in [5.74, 6) is 0.686. The number of carbonyl (C=O) groups is 2. The van der Waals surface area contributed by atoms with E-state index in [1.165, 1.54) is 6.33 Å². The Morgan fingerprint density at radius 2 is 2.12 bits per heavy atom. The molecule has 0 bridgehead atoms. The minimum absolute atomic E-state index is 0.00108. The number of aryl methyl sites for hydroxylation is 1. The number of rotatable bonds is 7. The minimum Gasteiger partial charge on any atom is -0.346 e. The largest absolute Gasteiger partial charge is 0.346 e. The number of nitrogens with one attached hydrogen (secondary N) is 1. The zero-order chi connectivity index (χ0) is 17.8. The lowest BCUT2D eigenvalue weighted by molar-refractivity contribution is -0.122. The Kier molecular flexibility index (Phi) is 5.11. The highest BCUT2D eigenvalue weighted by Crippen LogP contribution is 2.22. The molecule has 0 spiro atoms. The predicted molar refractivity (Wildman–Crippen MR) is 92.7 cm³/mol. The van der Waals surface area contributed by atoms with Crippen molar-refractivity contribution in [3.63, 3.8) is 0 Å². The van der Waals surface area contributed by atoms with E-state index >= 15 is 0 Å². The number of hydrogen-bond donors (Lipinski definition) is 1. The van der Waals surface area contributed by atoms with Gasteiger partial charge in [0.2, 0.25) is 5.91 Å². The summed E-state index contributed by atoms with van der Waals surface area (Å²) < 4.78 is 1.79. The van der Waals surface area contributed by atoms with Crippen molar-refractivity contribution in [2.75, 3.05) is 6.54 Å². The van der Waals surface area contributed by atoms with Gasteiger partial charge in [-0.25, -0.2) is 9.67 Å². The molecule has 2 amide bonds. The molecule has 1 aromatic heterocycles. The summed E-state index contributed by atoms with van der Waals surface area (Å²) in [7, 11) is 0. The molecule has 3 rings (SSSR count). The van der Waals surface area contributed by atoms with Crippen molar-refractivity contribution in [3.05, 3.63) is 47.5 Å². The van der Waals surface area contributed by atoms with E-state index in [1.54, 1.807) is 9.58 Å². The van der Waals surface area contributed by atoms with Crippen molar-refractivity contribution in [1.29, 1.82) is 0 Å². The first kappa shape index (κ1) is 17.1. The van der Waals surface area contributed by atoms with E-state index in [0.29, 0.717) is 19.6 Å². The first-order valence-electron chi connectivity index (χ1n) is 8.68. The predicted octanol–water partition coefficient (Wildman–Crippen LogP) is 1.91. The third kappa shape index (κ3) is 3.55. The zero-order valence-electron chi connectivity index (χ0n) is 14.6. The Morgan fingerprint density at radius 1 is 1.32 bits per heavy atom. The van der Waals surface area contributed by atoms with E-state index in [4.69, 9.17) is 0 Å². The van der Waals surface area contributed by atoms with Crippen LogP contribution in [0.25, 0.3) is 0 Å². The lowest BCUT2D eigenvalue weighted by Gasteiger charge is -2.19. The van der Waals surface area contributed by atoms with E-state index in [1.807, 2.05) is 38.1 Å². The summed E-state index contributed by atoms with van der Waals surface area (Å²) in [5, 5.41) is 7.16. The van der Waals surface area contributed by atoms with E-state index in [-0.39, 0.29) is 24.3 Å². The van der Waals surface area contributed by atoms with E-state index < -0.39 is 0 Å². The highest BCUT2D eigenvalue weighted by Gasteiger charge is 2.27. The van der Waals surface area contributed by atoms with Crippen LogP contribution in [0.5, 0.6) is 0 Å². The van der Waals surface area contributed by atoms with Crippen LogP contribution in [0.1, 0.15) is 54.5 Å². The van der Waals surface area contributed by atoms with Crippen molar-refractivity contribution in [2.45, 2.75) is 45.8 Å². The molecule has 0 saturated heterocycles. The first-order valence-corrected chi connectivity index (χ1v) is 8.68. The van der Waals surface area contributed by atoms with Gasteiger partial charge in [0.15, 0.2) is 0 Å². The molecule has 1 aromatic carbocycles. The first-order chi connectivity index (χ1) is 12.1. The standard InChI is InChI=1S/C18H23N5O2/c1-3-15(17-19-12-20-23(17)4-2)21-16(24)9-10-22-11-13-7-5-6-8-14(13)18(22)25/h5-8,12,15H,3-4,9-11H2,1-2H3,(H,21,24)/t15-/m1/s1. The minimum atomic E-state index is -0.165. The maximum Gasteiger partial charge on any atom is 0.254 e. The monoisotopic (exact) mass is 341 g/mol. The summed E-state index contributed by atoms with van der Waals surface area (Å²) >= 11 is 0. The molecular weight excluding hydrogens is 318 g/mol. The summed E-state index contributed by atoms with van der Waals surface area (Å²) in [6.45, 7) is 5.69. The smallest absolute Gasteiger partial charge is 0.254 e. The SMILES string of the molecule is CC[C@@H](NC(=O)CCN1Cc2ccccc2C1=O)c1ncnn1CC. The average Bonchev–Trinajstić information content (AvgIpc) is 3.23. The Balaban J connectivity index is 1.56. The molecule has 0 fully saturated rings. The van der Waals surface area contributed by atoms with E-state index in [2.05, 4.69) is 15.4 Å². The second-order valence-corrected chi connectivity index (χ2v) is 6.10. The van der Waals surface area contributed by atoms with Gasteiger partial charge in [0, 0.05) is 31.6 Å². The van der Waals surface area contributed by atoms with Gasteiger partial charge in [0.05, 0.1) is 6.04 Å². The van der Waals surface area contributed by atoms with Gasteiger partial charge < -0.3 is 10.2 Å². The van der Waals surface area contributed by atoms with Crippen molar-refractivity contribution in [2.24, 2.45) is 0 Å². The molecule has 1 N–H and O–H groups in total. The number of amides is 2. The third-order valence-electron chi connectivity index (χ3n) is 4.51. The highest BCUT2D eigenvalue weighted by molar-refractivity contribution is 5.98. The fourth-order valence-electron chi connectivity index (χ4n) is 3.13. The molecule has 1 aliphatic rings.